The van der Waals surface area contributed by atoms with Crippen LogP contribution in [0.25, 0.3) is 0 Å². The van der Waals surface area contributed by atoms with Crippen molar-refractivity contribution in [2.24, 2.45) is 5.92 Å². The minimum absolute atomic E-state index is 0.00142. The van der Waals surface area contributed by atoms with Gasteiger partial charge in [0.05, 0.1) is 32.2 Å². The molecular formula is C43H83NO7. The molecule has 0 aliphatic rings. The number of ether oxygens (including phenoxy) is 3. The topological polar surface area (TPSA) is 102 Å². The van der Waals surface area contributed by atoms with E-state index in [-0.39, 0.29) is 37.0 Å². The third-order valence-electron chi connectivity index (χ3n) is 9.83. The zero-order valence-electron chi connectivity index (χ0n) is 34.0. The molecule has 0 fully saturated rings. The van der Waals surface area contributed by atoms with Crippen molar-refractivity contribution >= 4 is 17.9 Å². The van der Waals surface area contributed by atoms with Crippen LogP contribution in [0.15, 0.2) is 0 Å². The van der Waals surface area contributed by atoms with Crippen molar-refractivity contribution in [3.63, 3.8) is 0 Å². The van der Waals surface area contributed by atoms with Crippen molar-refractivity contribution in [2.45, 2.75) is 214 Å². The minimum atomic E-state index is -0.469. The van der Waals surface area contributed by atoms with Crippen molar-refractivity contribution in [1.82, 2.24) is 4.90 Å². The molecule has 0 rings (SSSR count). The Morgan fingerprint density at radius 2 is 1.00 bits per heavy atom. The molecule has 51 heavy (non-hydrogen) atoms. The van der Waals surface area contributed by atoms with Crippen molar-refractivity contribution in [3.8, 4) is 0 Å². The fourth-order valence-electron chi connectivity index (χ4n) is 6.43. The van der Waals surface area contributed by atoms with Crippen LogP contribution in [0, 0.1) is 5.92 Å². The highest BCUT2D eigenvalue weighted by Gasteiger charge is 2.19. The number of aliphatic hydroxyl groups excluding tert-OH is 1. The Kier molecular flexibility index (Phi) is 36.8. The molecule has 8 nitrogen and oxygen atoms in total. The molecule has 1 N–H and O–H groups in total. The van der Waals surface area contributed by atoms with Crippen LogP contribution in [0.1, 0.15) is 207 Å². The second-order valence-electron chi connectivity index (χ2n) is 14.9. The molecule has 0 spiro atoms. The number of rotatable bonds is 39. The molecule has 0 saturated carbocycles. The van der Waals surface area contributed by atoms with E-state index in [9.17, 15) is 19.5 Å². The van der Waals surface area contributed by atoms with Crippen molar-refractivity contribution in [1.29, 1.82) is 0 Å². The molecule has 0 amide bonds. The standard InChI is InChI=1S/C43H83NO7/c1-5-8-11-13-17-23-29-40(30-24-18-14-12-9-6-2)51-41(46)31-25-19-15-20-26-32-44(34-35-45)33-27-21-16-22-28-37-49-42(47)38-39(4)43(48)50-36-10-7-3/h39-40,45H,5-38H2,1-4H3. The van der Waals surface area contributed by atoms with Gasteiger partial charge in [0.15, 0.2) is 0 Å². The number of carbonyl (C=O) groups is 3. The second kappa shape index (κ2) is 38.1. The minimum Gasteiger partial charge on any atom is -0.466 e. The third-order valence-corrected chi connectivity index (χ3v) is 9.83. The van der Waals surface area contributed by atoms with Crippen molar-refractivity contribution < 1.29 is 33.7 Å². The molecule has 0 heterocycles. The van der Waals surface area contributed by atoms with Gasteiger partial charge in [-0.25, -0.2) is 0 Å². The molecule has 0 aliphatic heterocycles. The van der Waals surface area contributed by atoms with Crippen molar-refractivity contribution in [3.05, 3.63) is 0 Å². The van der Waals surface area contributed by atoms with Crippen LogP contribution < -0.4 is 0 Å². The average molecular weight is 726 g/mol. The van der Waals surface area contributed by atoms with Gasteiger partial charge in [0.25, 0.3) is 0 Å². The molecule has 0 aromatic rings. The van der Waals surface area contributed by atoms with E-state index in [0.717, 1.165) is 103 Å². The van der Waals surface area contributed by atoms with Gasteiger partial charge >= 0.3 is 17.9 Å². The second-order valence-corrected chi connectivity index (χ2v) is 14.9. The Balaban J connectivity index is 4.03. The van der Waals surface area contributed by atoms with Crippen LogP contribution in [0.5, 0.6) is 0 Å². The maximum Gasteiger partial charge on any atom is 0.309 e. The van der Waals surface area contributed by atoms with E-state index in [2.05, 4.69) is 18.7 Å². The van der Waals surface area contributed by atoms with Gasteiger partial charge in [0, 0.05) is 13.0 Å². The Morgan fingerprint density at radius 3 is 1.55 bits per heavy atom. The largest absolute Gasteiger partial charge is 0.466 e. The molecule has 1 atom stereocenters. The van der Waals surface area contributed by atoms with E-state index in [0.29, 0.717) is 26.2 Å². The summed E-state index contributed by atoms with van der Waals surface area (Å²) in [7, 11) is 0. The SMILES string of the molecule is CCCCCCCCC(CCCCCCCC)OC(=O)CCCCCCCN(CCO)CCCCCCCOC(=O)CC(C)C(=O)OCCCC. The zero-order chi connectivity index (χ0) is 37.6. The summed E-state index contributed by atoms with van der Waals surface area (Å²) in [6.45, 7) is 11.9. The molecule has 0 aromatic heterocycles. The van der Waals surface area contributed by atoms with Gasteiger partial charge in [-0.1, -0.05) is 137 Å². The number of nitrogens with zero attached hydrogens (tertiary/aromatic N) is 1. The number of aliphatic hydroxyl groups is 1. The molecule has 0 bridgehead atoms. The summed E-state index contributed by atoms with van der Waals surface area (Å²) in [6.07, 6.45) is 30.3. The molecule has 0 radical (unpaired) electrons. The quantitative estimate of drug-likeness (QED) is 0.0379. The summed E-state index contributed by atoms with van der Waals surface area (Å²) >= 11 is 0. The summed E-state index contributed by atoms with van der Waals surface area (Å²) in [5, 5.41) is 9.53. The summed E-state index contributed by atoms with van der Waals surface area (Å²) in [5.74, 6) is -1.13. The lowest BCUT2D eigenvalue weighted by molar-refractivity contribution is -0.154. The Hall–Kier alpha value is -1.67. The molecule has 0 aromatic carbocycles. The lowest BCUT2D eigenvalue weighted by Crippen LogP contribution is -2.29. The Bertz CT molecular complexity index is 776. The smallest absolute Gasteiger partial charge is 0.309 e. The van der Waals surface area contributed by atoms with E-state index in [1.807, 2.05) is 6.92 Å². The van der Waals surface area contributed by atoms with Gasteiger partial charge in [-0.05, 0) is 70.9 Å². The molecular weight excluding hydrogens is 642 g/mol. The van der Waals surface area contributed by atoms with Crippen LogP contribution in [-0.2, 0) is 28.6 Å². The highest BCUT2D eigenvalue weighted by molar-refractivity contribution is 5.79. The van der Waals surface area contributed by atoms with Gasteiger partial charge in [-0.3, -0.25) is 14.4 Å². The molecule has 8 heteroatoms. The van der Waals surface area contributed by atoms with Gasteiger partial charge < -0.3 is 24.2 Å². The van der Waals surface area contributed by atoms with Crippen LogP contribution >= 0.6 is 0 Å². The van der Waals surface area contributed by atoms with E-state index >= 15 is 0 Å². The Morgan fingerprint density at radius 1 is 0.529 bits per heavy atom. The third kappa shape index (κ3) is 33.9. The lowest BCUT2D eigenvalue weighted by atomic mass is 10.0. The maximum atomic E-state index is 12.7. The molecule has 1 unspecified atom stereocenters. The van der Waals surface area contributed by atoms with Crippen LogP contribution in [0.2, 0.25) is 0 Å². The van der Waals surface area contributed by atoms with Gasteiger partial charge in [0.2, 0.25) is 0 Å². The highest BCUT2D eigenvalue weighted by Crippen LogP contribution is 2.18. The monoisotopic (exact) mass is 726 g/mol. The summed E-state index contributed by atoms with van der Waals surface area (Å²) in [4.78, 5) is 39.0. The van der Waals surface area contributed by atoms with Crippen LogP contribution in [-0.4, -0.2) is 73.5 Å². The fourth-order valence-corrected chi connectivity index (χ4v) is 6.43. The maximum absolute atomic E-state index is 12.7. The highest BCUT2D eigenvalue weighted by atomic mass is 16.5. The lowest BCUT2D eigenvalue weighted by Gasteiger charge is -2.21. The van der Waals surface area contributed by atoms with Crippen LogP contribution in [0.3, 0.4) is 0 Å². The zero-order valence-corrected chi connectivity index (χ0v) is 34.0. The van der Waals surface area contributed by atoms with Gasteiger partial charge in [0.1, 0.15) is 6.10 Å². The summed E-state index contributed by atoms with van der Waals surface area (Å²) in [5.41, 5.74) is 0. The first-order valence-corrected chi connectivity index (χ1v) is 21.7. The molecule has 0 aliphatic carbocycles. The molecule has 0 saturated heterocycles. The van der Waals surface area contributed by atoms with E-state index in [4.69, 9.17) is 14.2 Å². The number of carbonyl (C=O) groups excluding carboxylic acids is 3. The van der Waals surface area contributed by atoms with Gasteiger partial charge in [-0.2, -0.15) is 0 Å². The normalized spacial score (nSPS) is 12.1. The van der Waals surface area contributed by atoms with E-state index < -0.39 is 5.92 Å². The summed E-state index contributed by atoms with van der Waals surface area (Å²) in [6, 6.07) is 0. The van der Waals surface area contributed by atoms with Crippen LogP contribution in [0.4, 0.5) is 0 Å². The number of hydrogen-bond acceptors (Lipinski definition) is 8. The first-order chi connectivity index (χ1) is 24.9. The van der Waals surface area contributed by atoms with E-state index in [1.165, 1.54) is 77.0 Å². The van der Waals surface area contributed by atoms with Gasteiger partial charge in [-0.15, -0.1) is 0 Å². The fraction of sp³-hybridized carbons (Fsp3) is 0.930. The molecule has 302 valence electrons. The number of unbranched alkanes of at least 4 members (excludes halogenated alkanes) is 19. The number of hydrogen-bond donors (Lipinski definition) is 1. The Labute approximate surface area is 314 Å². The predicted molar refractivity (Wildman–Crippen MR) is 211 cm³/mol. The average Bonchev–Trinajstić information content (AvgIpc) is 3.11. The van der Waals surface area contributed by atoms with E-state index in [1.54, 1.807) is 6.92 Å². The first-order valence-electron chi connectivity index (χ1n) is 21.7. The van der Waals surface area contributed by atoms with Crippen molar-refractivity contribution in [2.75, 3.05) is 39.5 Å². The first kappa shape index (κ1) is 49.3. The predicted octanol–water partition coefficient (Wildman–Crippen LogP) is 10.9. The number of esters is 3. The summed E-state index contributed by atoms with van der Waals surface area (Å²) < 4.78 is 16.5.